The summed E-state index contributed by atoms with van der Waals surface area (Å²) in [6.07, 6.45) is 3.36. The fraction of sp³-hybridized carbons (Fsp3) is 0.947. The number of likely N-dealkylation sites (N-methyl/N-ethyl adjacent to an activating group) is 1. The van der Waals surface area contributed by atoms with E-state index in [2.05, 4.69) is 53.2 Å². The first-order valence-electron chi connectivity index (χ1n) is 10.0. The largest absolute Gasteiger partial charge is 0.381 e. The quantitative estimate of drug-likeness (QED) is 0.204. The monoisotopic (exact) mass is 483 g/mol. The van der Waals surface area contributed by atoms with Gasteiger partial charge in [-0.1, -0.05) is 27.2 Å². The highest BCUT2D eigenvalue weighted by atomic mass is 127. The molecule has 7 heteroatoms. The van der Waals surface area contributed by atoms with Gasteiger partial charge in [0, 0.05) is 65.6 Å². The van der Waals surface area contributed by atoms with Gasteiger partial charge in [0.2, 0.25) is 0 Å². The van der Waals surface area contributed by atoms with Gasteiger partial charge in [0.1, 0.15) is 0 Å². The van der Waals surface area contributed by atoms with E-state index in [1.54, 1.807) is 0 Å². The van der Waals surface area contributed by atoms with Gasteiger partial charge in [0.25, 0.3) is 0 Å². The van der Waals surface area contributed by atoms with Crippen LogP contribution < -0.4 is 10.6 Å². The number of hydrogen-bond donors (Lipinski definition) is 2. The molecule has 26 heavy (non-hydrogen) atoms. The zero-order chi connectivity index (χ0) is 18.5. The van der Waals surface area contributed by atoms with Crippen molar-refractivity contribution in [1.82, 2.24) is 20.4 Å². The highest BCUT2D eigenvalue weighted by Gasteiger charge is 2.24. The molecule has 1 aliphatic heterocycles. The summed E-state index contributed by atoms with van der Waals surface area (Å²) in [6.45, 7) is 15.0. The summed E-state index contributed by atoms with van der Waals surface area (Å²) in [6, 6.07) is 0.546. The lowest BCUT2D eigenvalue weighted by Crippen LogP contribution is -2.55. The molecule has 0 aliphatic carbocycles. The molecule has 1 aliphatic rings. The van der Waals surface area contributed by atoms with Gasteiger partial charge in [0.15, 0.2) is 5.96 Å². The van der Waals surface area contributed by atoms with E-state index >= 15 is 0 Å². The third kappa shape index (κ3) is 10.9. The molecule has 0 bridgehead atoms. The molecule has 1 rings (SSSR count). The van der Waals surface area contributed by atoms with Crippen molar-refractivity contribution in [3.63, 3.8) is 0 Å². The van der Waals surface area contributed by atoms with Gasteiger partial charge in [-0.3, -0.25) is 9.89 Å². The predicted molar refractivity (Wildman–Crippen MR) is 123 cm³/mol. The number of hydrogen-bond acceptors (Lipinski definition) is 4. The molecule has 156 valence electrons. The number of guanidine groups is 1. The molecular weight excluding hydrogens is 441 g/mol. The van der Waals surface area contributed by atoms with E-state index in [0.717, 1.165) is 71.3 Å². The van der Waals surface area contributed by atoms with E-state index in [1.165, 1.54) is 6.42 Å². The van der Waals surface area contributed by atoms with Crippen LogP contribution in [-0.4, -0.2) is 88.4 Å². The maximum Gasteiger partial charge on any atom is 0.191 e. The van der Waals surface area contributed by atoms with Crippen LogP contribution in [0.15, 0.2) is 4.99 Å². The topological polar surface area (TPSA) is 52.1 Å². The summed E-state index contributed by atoms with van der Waals surface area (Å²) in [4.78, 5) is 9.38. The van der Waals surface area contributed by atoms with Crippen molar-refractivity contribution < 1.29 is 4.74 Å². The van der Waals surface area contributed by atoms with Crippen LogP contribution in [0.5, 0.6) is 0 Å². The van der Waals surface area contributed by atoms with E-state index in [0.29, 0.717) is 12.0 Å². The Bertz CT molecular complexity index is 360. The summed E-state index contributed by atoms with van der Waals surface area (Å²) < 4.78 is 5.60. The van der Waals surface area contributed by atoms with Crippen LogP contribution in [0.2, 0.25) is 0 Å². The first-order chi connectivity index (χ1) is 12.1. The van der Waals surface area contributed by atoms with Gasteiger partial charge in [-0.25, -0.2) is 0 Å². The summed E-state index contributed by atoms with van der Waals surface area (Å²) in [5.41, 5.74) is 0. The number of halogens is 1. The van der Waals surface area contributed by atoms with E-state index in [-0.39, 0.29) is 24.0 Å². The number of rotatable bonds is 11. The SMILES string of the molecule is CCCCOCCCNC(=NC)NCC(C(C)C)N1CCN(C)CC1.I. The van der Waals surface area contributed by atoms with Crippen LogP contribution in [0.3, 0.4) is 0 Å². The maximum atomic E-state index is 5.60. The Kier molecular flexibility index (Phi) is 15.8. The second kappa shape index (κ2) is 15.9. The van der Waals surface area contributed by atoms with Crippen molar-refractivity contribution in [3.05, 3.63) is 0 Å². The Hall–Kier alpha value is -0.120. The second-order valence-corrected chi connectivity index (χ2v) is 7.35. The van der Waals surface area contributed by atoms with E-state index in [9.17, 15) is 0 Å². The Morgan fingerprint density at radius 3 is 2.31 bits per heavy atom. The van der Waals surface area contributed by atoms with Gasteiger partial charge in [-0.05, 0) is 25.8 Å². The third-order valence-electron chi connectivity index (χ3n) is 4.88. The summed E-state index contributed by atoms with van der Waals surface area (Å²) in [5, 5.41) is 6.91. The Morgan fingerprint density at radius 1 is 1.08 bits per heavy atom. The Labute approximate surface area is 178 Å². The fourth-order valence-electron chi connectivity index (χ4n) is 3.09. The first kappa shape index (κ1) is 25.9. The standard InChI is InChI=1S/C19H41N5O.HI/c1-6-7-14-25-15-8-9-21-19(20-4)22-16-18(17(2)3)24-12-10-23(5)11-13-24;/h17-18H,6-16H2,1-5H3,(H2,20,21,22);1H. The minimum absolute atomic E-state index is 0. The normalized spacial score (nSPS) is 17.8. The molecule has 0 radical (unpaired) electrons. The molecule has 0 aromatic rings. The zero-order valence-corrected chi connectivity index (χ0v) is 19.9. The predicted octanol–water partition coefficient (Wildman–Crippen LogP) is 2.25. The second-order valence-electron chi connectivity index (χ2n) is 7.35. The fourth-order valence-corrected chi connectivity index (χ4v) is 3.09. The molecule has 0 spiro atoms. The van der Waals surface area contributed by atoms with Crippen LogP contribution in [-0.2, 0) is 4.74 Å². The molecular formula is C19H42IN5O. The van der Waals surface area contributed by atoms with Crippen molar-refractivity contribution in [2.45, 2.75) is 46.1 Å². The van der Waals surface area contributed by atoms with E-state index in [1.807, 2.05) is 7.05 Å². The van der Waals surface area contributed by atoms with Gasteiger partial charge < -0.3 is 20.3 Å². The minimum Gasteiger partial charge on any atom is -0.381 e. The summed E-state index contributed by atoms with van der Waals surface area (Å²) in [5.74, 6) is 1.52. The molecule has 6 nitrogen and oxygen atoms in total. The molecule has 1 fully saturated rings. The van der Waals surface area contributed by atoms with Gasteiger partial charge in [0.05, 0.1) is 0 Å². The third-order valence-corrected chi connectivity index (χ3v) is 4.88. The molecule has 1 heterocycles. The highest BCUT2D eigenvalue weighted by Crippen LogP contribution is 2.12. The summed E-state index contributed by atoms with van der Waals surface area (Å²) in [7, 11) is 4.05. The van der Waals surface area contributed by atoms with Crippen LogP contribution >= 0.6 is 24.0 Å². The lowest BCUT2D eigenvalue weighted by atomic mass is 10.0. The zero-order valence-electron chi connectivity index (χ0n) is 17.6. The van der Waals surface area contributed by atoms with Gasteiger partial charge >= 0.3 is 0 Å². The van der Waals surface area contributed by atoms with Crippen molar-refractivity contribution in [3.8, 4) is 0 Å². The summed E-state index contributed by atoms with van der Waals surface area (Å²) >= 11 is 0. The molecule has 1 unspecified atom stereocenters. The number of ether oxygens (including phenoxy) is 1. The van der Waals surface area contributed by atoms with Crippen molar-refractivity contribution in [1.29, 1.82) is 0 Å². The first-order valence-corrected chi connectivity index (χ1v) is 10.0. The lowest BCUT2D eigenvalue weighted by Gasteiger charge is -2.40. The van der Waals surface area contributed by atoms with Crippen LogP contribution in [0, 0.1) is 5.92 Å². The Morgan fingerprint density at radius 2 is 1.73 bits per heavy atom. The molecule has 2 N–H and O–H groups in total. The molecule has 0 amide bonds. The van der Waals surface area contributed by atoms with Crippen LogP contribution in [0.25, 0.3) is 0 Å². The maximum absolute atomic E-state index is 5.60. The minimum atomic E-state index is 0. The number of nitrogens with one attached hydrogen (secondary N) is 2. The Balaban J connectivity index is 0.00000625. The van der Waals surface area contributed by atoms with E-state index in [4.69, 9.17) is 4.74 Å². The van der Waals surface area contributed by atoms with Crippen LogP contribution in [0.1, 0.15) is 40.0 Å². The number of nitrogens with zero attached hydrogens (tertiary/aromatic N) is 3. The van der Waals surface area contributed by atoms with Gasteiger partial charge in [-0.15, -0.1) is 24.0 Å². The molecule has 0 saturated carbocycles. The van der Waals surface area contributed by atoms with E-state index < -0.39 is 0 Å². The molecule has 1 saturated heterocycles. The smallest absolute Gasteiger partial charge is 0.191 e. The number of piperazine rings is 1. The molecule has 0 aromatic heterocycles. The van der Waals surface area contributed by atoms with Crippen molar-refractivity contribution in [2.75, 3.05) is 66.6 Å². The van der Waals surface area contributed by atoms with Gasteiger partial charge in [-0.2, -0.15) is 0 Å². The lowest BCUT2D eigenvalue weighted by molar-refractivity contribution is 0.0900. The average Bonchev–Trinajstić information content (AvgIpc) is 2.60. The van der Waals surface area contributed by atoms with Crippen molar-refractivity contribution >= 4 is 29.9 Å². The number of unbranched alkanes of at least 4 members (excludes halogenated alkanes) is 1. The highest BCUT2D eigenvalue weighted by molar-refractivity contribution is 14.0. The average molecular weight is 483 g/mol. The van der Waals surface area contributed by atoms with Crippen LogP contribution in [0.4, 0.5) is 0 Å². The van der Waals surface area contributed by atoms with Crippen molar-refractivity contribution in [2.24, 2.45) is 10.9 Å². The number of aliphatic imine (C=N–C) groups is 1. The molecule has 0 aromatic carbocycles. The molecule has 1 atom stereocenters.